The van der Waals surface area contributed by atoms with Gasteiger partial charge in [0.05, 0.1) is 23.3 Å². The maximum Gasteiger partial charge on any atom is 0.338 e. The minimum atomic E-state index is -0.432. The zero-order chi connectivity index (χ0) is 17.5. The Morgan fingerprint density at radius 1 is 1.20 bits per heavy atom. The standard InChI is InChI=1S/C20H19NO4/c21-12-16-4-1-2-5-17(16)13-25-20(22)15-7-9-18(10-8-15)24-14-19-6-3-11-23-19/h1-2,4-5,7-10,19H,3,6,11,13-14H2. The summed E-state index contributed by atoms with van der Waals surface area (Å²) in [5, 5.41) is 9.05. The smallest absolute Gasteiger partial charge is 0.338 e. The van der Waals surface area contributed by atoms with Gasteiger partial charge in [-0.15, -0.1) is 0 Å². The molecule has 0 N–H and O–H groups in total. The van der Waals surface area contributed by atoms with E-state index in [9.17, 15) is 4.79 Å². The first-order chi connectivity index (χ1) is 12.3. The Kier molecular flexibility index (Phi) is 5.65. The molecule has 1 aliphatic rings. The predicted molar refractivity (Wildman–Crippen MR) is 91.2 cm³/mol. The highest BCUT2D eigenvalue weighted by Gasteiger charge is 2.16. The zero-order valence-corrected chi connectivity index (χ0v) is 13.8. The molecule has 0 aliphatic carbocycles. The van der Waals surface area contributed by atoms with Crippen molar-refractivity contribution in [3.05, 3.63) is 65.2 Å². The van der Waals surface area contributed by atoms with Gasteiger partial charge in [-0.2, -0.15) is 5.26 Å². The SMILES string of the molecule is N#Cc1ccccc1COC(=O)c1ccc(OCC2CCCO2)cc1. The molecule has 3 rings (SSSR count). The van der Waals surface area contributed by atoms with E-state index in [2.05, 4.69) is 6.07 Å². The lowest BCUT2D eigenvalue weighted by Gasteiger charge is -2.11. The van der Waals surface area contributed by atoms with E-state index in [-0.39, 0.29) is 12.7 Å². The molecule has 2 aromatic rings. The van der Waals surface area contributed by atoms with E-state index in [0.717, 1.165) is 19.4 Å². The lowest BCUT2D eigenvalue weighted by Crippen LogP contribution is -2.16. The van der Waals surface area contributed by atoms with Gasteiger partial charge in [0.1, 0.15) is 19.0 Å². The van der Waals surface area contributed by atoms with Crippen LogP contribution in [0.3, 0.4) is 0 Å². The number of rotatable bonds is 6. The average Bonchev–Trinajstić information content (AvgIpc) is 3.18. The summed E-state index contributed by atoms with van der Waals surface area (Å²) in [6, 6.07) is 16.0. The van der Waals surface area contributed by atoms with Crippen molar-refractivity contribution in [2.24, 2.45) is 0 Å². The van der Waals surface area contributed by atoms with Crippen molar-refractivity contribution in [3.63, 3.8) is 0 Å². The van der Waals surface area contributed by atoms with Crippen LogP contribution in [0.4, 0.5) is 0 Å². The fourth-order valence-electron chi connectivity index (χ4n) is 2.63. The lowest BCUT2D eigenvalue weighted by atomic mass is 10.1. The van der Waals surface area contributed by atoms with E-state index in [1.165, 1.54) is 0 Å². The Hall–Kier alpha value is -2.84. The number of esters is 1. The van der Waals surface area contributed by atoms with E-state index in [0.29, 0.717) is 29.0 Å². The summed E-state index contributed by atoms with van der Waals surface area (Å²) in [7, 11) is 0. The Labute approximate surface area is 146 Å². The molecular weight excluding hydrogens is 318 g/mol. The second-order valence-electron chi connectivity index (χ2n) is 5.82. The molecule has 0 spiro atoms. The molecular formula is C20H19NO4. The van der Waals surface area contributed by atoms with Crippen molar-refractivity contribution < 1.29 is 19.0 Å². The summed E-state index contributed by atoms with van der Waals surface area (Å²) in [6.45, 7) is 1.39. The normalized spacial score (nSPS) is 16.2. The summed E-state index contributed by atoms with van der Waals surface area (Å²) >= 11 is 0. The molecule has 1 saturated heterocycles. The molecule has 1 unspecified atom stereocenters. The largest absolute Gasteiger partial charge is 0.491 e. The number of nitriles is 1. The van der Waals surface area contributed by atoms with Crippen LogP contribution in [0.15, 0.2) is 48.5 Å². The highest BCUT2D eigenvalue weighted by molar-refractivity contribution is 5.89. The molecule has 128 valence electrons. The van der Waals surface area contributed by atoms with Crippen LogP contribution >= 0.6 is 0 Å². The first-order valence-electron chi connectivity index (χ1n) is 8.26. The van der Waals surface area contributed by atoms with Gasteiger partial charge in [-0.1, -0.05) is 18.2 Å². The van der Waals surface area contributed by atoms with Gasteiger partial charge >= 0.3 is 5.97 Å². The molecule has 5 nitrogen and oxygen atoms in total. The molecule has 1 aliphatic heterocycles. The number of carbonyl (C=O) groups is 1. The second-order valence-corrected chi connectivity index (χ2v) is 5.82. The van der Waals surface area contributed by atoms with Crippen LogP contribution in [0.2, 0.25) is 0 Å². The number of benzene rings is 2. The topological polar surface area (TPSA) is 68.5 Å². The number of ether oxygens (including phenoxy) is 3. The van der Waals surface area contributed by atoms with Gasteiger partial charge in [0.15, 0.2) is 0 Å². The summed E-state index contributed by atoms with van der Waals surface area (Å²) in [4.78, 5) is 12.1. The van der Waals surface area contributed by atoms with Crippen LogP contribution in [0, 0.1) is 11.3 Å². The molecule has 0 radical (unpaired) electrons. The minimum Gasteiger partial charge on any atom is -0.491 e. The second kappa shape index (κ2) is 8.32. The third kappa shape index (κ3) is 4.59. The summed E-state index contributed by atoms with van der Waals surface area (Å²) in [5.74, 6) is 0.264. The number of hydrogen-bond acceptors (Lipinski definition) is 5. The lowest BCUT2D eigenvalue weighted by molar-refractivity contribution is 0.0472. The van der Waals surface area contributed by atoms with E-state index < -0.39 is 5.97 Å². The third-order valence-corrected chi connectivity index (χ3v) is 4.05. The van der Waals surface area contributed by atoms with Gasteiger partial charge in [-0.25, -0.2) is 4.79 Å². The summed E-state index contributed by atoms with van der Waals surface area (Å²) in [5.41, 5.74) is 1.64. The van der Waals surface area contributed by atoms with Crippen molar-refractivity contribution in [1.82, 2.24) is 0 Å². The van der Waals surface area contributed by atoms with Crippen LogP contribution in [-0.4, -0.2) is 25.3 Å². The fourth-order valence-corrected chi connectivity index (χ4v) is 2.63. The quantitative estimate of drug-likeness (QED) is 0.755. The van der Waals surface area contributed by atoms with Gasteiger partial charge in [0.2, 0.25) is 0 Å². The van der Waals surface area contributed by atoms with Crippen LogP contribution in [0.5, 0.6) is 5.75 Å². The zero-order valence-electron chi connectivity index (χ0n) is 13.8. The predicted octanol–water partition coefficient (Wildman–Crippen LogP) is 3.47. The molecule has 0 aromatic heterocycles. The van der Waals surface area contributed by atoms with Gasteiger partial charge in [0.25, 0.3) is 0 Å². The minimum absolute atomic E-state index is 0.0693. The third-order valence-electron chi connectivity index (χ3n) is 4.05. The van der Waals surface area contributed by atoms with Crippen molar-refractivity contribution in [2.45, 2.75) is 25.6 Å². The fraction of sp³-hybridized carbons (Fsp3) is 0.300. The molecule has 5 heteroatoms. The summed E-state index contributed by atoms with van der Waals surface area (Å²) < 4.78 is 16.5. The molecule has 25 heavy (non-hydrogen) atoms. The van der Waals surface area contributed by atoms with Crippen LogP contribution < -0.4 is 4.74 Å². The van der Waals surface area contributed by atoms with E-state index in [4.69, 9.17) is 19.5 Å². The molecule has 0 amide bonds. The van der Waals surface area contributed by atoms with E-state index in [1.54, 1.807) is 42.5 Å². The van der Waals surface area contributed by atoms with E-state index >= 15 is 0 Å². The van der Waals surface area contributed by atoms with Crippen molar-refractivity contribution >= 4 is 5.97 Å². The molecule has 1 fully saturated rings. The first-order valence-corrected chi connectivity index (χ1v) is 8.26. The number of carbonyl (C=O) groups excluding carboxylic acids is 1. The Balaban J connectivity index is 1.52. The van der Waals surface area contributed by atoms with Crippen LogP contribution in [-0.2, 0) is 16.1 Å². The number of hydrogen-bond donors (Lipinski definition) is 0. The Morgan fingerprint density at radius 3 is 2.72 bits per heavy atom. The van der Waals surface area contributed by atoms with Crippen molar-refractivity contribution in [2.75, 3.05) is 13.2 Å². The molecule has 2 aromatic carbocycles. The van der Waals surface area contributed by atoms with Gasteiger partial charge in [-0.05, 0) is 43.2 Å². The van der Waals surface area contributed by atoms with Crippen LogP contribution in [0.1, 0.15) is 34.3 Å². The van der Waals surface area contributed by atoms with Gasteiger partial charge in [-0.3, -0.25) is 0 Å². The maximum absolute atomic E-state index is 12.1. The highest BCUT2D eigenvalue weighted by Crippen LogP contribution is 2.17. The average molecular weight is 337 g/mol. The van der Waals surface area contributed by atoms with Crippen molar-refractivity contribution in [1.29, 1.82) is 5.26 Å². The summed E-state index contributed by atoms with van der Waals surface area (Å²) in [6.07, 6.45) is 2.26. The Bertz CT molecular complexity index is 758. The highest BCUT2D eigenvalue weighted by atomic mass is 16.5. The number of nitrogens with zero attached hydrogens (tertiary/aromatic N) is 1. The van der Waals surface area contributed by atoms with Crippen LogP contribution in [0.25, 0.3) is 0 Å². The maximum atomic E-state index is 12.1. The first kappa shape index (κ1) is 17.0. The monoisotopic (exact) mass is 337 g/mol. The molecule has 1 atom stereocenters. The molecule has 0 saturated carbocycles. The van der Waals surface area contributed by atoms with Crippen molar-refractivity contribution in [3.8, 4) is 11.8 Å². The van der Waals surface area contributed by atoms with Gasteiger partial charge in [0, 0.05) is 12.2 Å². The molecule has 0 bridgehead atoms. The molecule has 1 heterocycles. The van der Waals surface area contributed by atoms with E-state index in [1.807, 2.05) is 6.07 Å². The Morgan fingerprint density at radius 2 is 2.00 bits per heavy atom. The van der Waals surface area contributed by atoms with Gasteiger partial charge < -0.3 is 14.2 Å².